The summed E-state index contributed by atoms with van der Waals surface area (Å²) in [6, 6.07) is 3.18. The maximum absolute atomic E-state index is 11.9. The Kier molecular flexibility index (Phi) is 3.73. The minimum atomic E-state index is -0.347. The van der Waals surface area contributed by atoms with E-state index in [2.05, 4.69) is 46.5 Å². The summed E-state index contributed by atoms with van der Waals surface area (Å²) >= 11 is 0. The van der Waals surface area contributed by atoms with Gasteiger partial charge in [0.05, 0.1) is 24.1 Å². The molecule has 0 atom stereocenters. The van der Waals surface area contributed by atoms with E-state index in [0.717, 1.165) is 5.69 Å². The molecule has 0 radical (unpaired) electrons. The number of urea groups is 1. The van der Waals surface area contributed by atoms with E-state index in [4.69, 9.17) is 4.42 Å². The third-order valence-corrected chi connectivity index (χ3v) is 3.25. The topological polar surface area (TPSA) is 97.3 Å². The van der Waals surface area contributed by atoms with Crippen LogP contribution in [0.5, 0.6) is 0 Å². The van der Waals surface area contributed by atoms with Crippen LogP contribution in [0.25, 0.3) is 5.65 Å². The Morgan fingerprint density at radius 3 is 2.91 bits per heavy atom. The Labute approximate surface area is 132 Å². The number of carbonyl (C=O) groups excluding carboxylic acids is 1. The van der Waals surface area contributed by atoms with Crippen LogP contribution in [0.15, 0.2) is 35.3 Å². The number of amides is 2. The molecule has 3 rings (SSSR count). The van der Waals surface area contributed by atoms with Crippen LogP contribution >= 0.6 is 0 Å². The molecule has 0 saturated carbocycles. The van der Waals surface area contributed by atoms with Crippen molar-refractivity contribution in [1.29, 1.82) is 0 Å². The summed E-state index contributed by atoms with van der Waals surface area (Å²) < 4.78 is 6.95. The summed E-state index contributed by atoms with van der Waals surface area (Å²) in [4.78, 5) is 20.3. The molecule has 0 bridgehead atoms. The number of oxazole rings is 1. The number of fused-ring (bicyclic) bond motifs is 1. The number of hydrogen-bond acceptors (Lipinski definition) is 5. The fourth-order valence-corrected chi connectivity index (χ4v) is 1.96. The van der Waals surface area contributed by atoms with Gasteiger partial charge in [0, 0.05) is 5.41 Å². The quantitative estimate of drug-likeness (QED) is 0.773. The first-order chi connectivity index (χ1) is 10.9. The maximum atomic E-state index is 11.9. The predicted octanol–water partition coefficient (Wildman–Crippen LogP) is 2.34. The third kappa shape index (κ3) is 3.47. The largest absolute Gasteiger partial charge is 0.447 e. The molecule has 0 fully saturated rings. The lowest BCUT2D eigenvalue weighted by molar-refractivity contribution is 0.250. The average Bonchev–Trinajstić information content (AvgIpc) is 3.13. The second kappa shape index (κ2) is 5.71. The lowest BCUT2D eigenvalue weighted by Gasteiger charge is -2.13. The number of anilines is 1. The molecule has 0 aliphatic carbocycles. The molecule has 0 aliphatic heterocycles. The van der Waals surface area contributed by atoms with Crippen LogP contribution in [-0.2, 0) is 12.0 Å². The van der Waals surface area contributed by atoms with Crippen molar-refractivity contribution in [1.82, 2.24) is 24.9 Å². The van der Waals surface area contributed by atoms with E-state index in [-0.39, 0.29) is 18.0 Å². The first-order valence-electron chi connectivity index (χ1n) is 7.21. The lowest BCUT2D eigenvalue weighted by Crippen LogP contribution is -2.28. The summed E-state index contributed by atoms with van der Waals surface area (Å²) in [6.45, 7) is 6.37. The van der Waals surface area contributed by atoms with Gasteiger partial charge in [-0.25, -0.2) is 19.3 Å². The molecule has 3 aromatic rings. The van der Waals surface area contributed by atoms with E-state index < -0.39 is 0 Å². The Morgan fingerprint density at radius 2 is 2.17 bits per heavy atom. The number of nitrogens with zero attached hydrogens (tertiary/aromatic N) is 4. The van der Waals surface area contributed by atoms with Crippen LogP contribution < -0.4 is 10.6 Å². The zero-order valence-corrected chi connectivity index (χ0v) is 13.2. The monoisotopic (exact) mass is 314 g/mol. The number of pyridine rings is 1. The van der Waals surface area contributed by atoms with E-state index >= 15 is 0 Å². The molecular formula is C15H18N6O2. The van der Waals surface area contributed by atoms with Gasteiger partial charge >= 0.3 is 6.03 Å². The standard InChI is InChI=1S/C15H18N6O2/c1-15(2,3)11-8-23-13(20-11)6-16-14(22)19-10-4-5-12-17-9-18-21(12)7-10/h4-5,7-9H,6H2,1-3H3,(H2,16,19,22). The van der Waals surface area contributed by atoms with Gasteiger partial charge in [0.25, 0.3) is 0 Å². The summed E-state index contributed by atoms with van der Waals surface area (Å²) in [5, 5.41) is 9.44. The number of hydrogen-bond donors (Lipinski definition) is 2. The van der Waals surface area contributed by atoms with Crippen molar-refractivity contribution in [3.63, 3.8) is 0 Å². The number of nitrogens with one attached hydrogen (secondary N) is 2. The summed E-state index contributed by atoms with van der Waals surface area (Å²) in [6.07, 6.45) is 4.76. The predicted molar refractivity (Wildman–Crippen MR) is 84.0 cm³/mol. The smallest absolute Gasteiger partial charge is 0.319 e. The summed E-state index contributed by atoms with van der Waals surface area (Å²) in [7, 11) is 0. The van der Waals surface area contributed by atoms with Crippen LogP contribution in [0.2, 0.25) is 0 Å². The molecule has 0 spiro atoms. The fourth-order valence-electron chi connectivity index (χ4n) is 1.96. The molecule has 23 heavy (non-hydrogen) atoms. The van der Waals surface area contributed by atoms with E-state index in [1.54, 1.807) is 29.1 Å². The second-order valence-electron chi connectivity index (χ2n) is 6.16. The highest BCUT2D eigenvalue weighted by molar-refractivity contribution is 5.89. The van der Waals surface area contributed by atoms with Crippen LogP contribution in [0.4, 0.5) is 10.5 Å². The summed E-state index contributed by atoms with van der Waals surface area (Å²) in [5.41, 5.74) is 2.09. The van der Waals surface area contributed by atoms with Crippen LogP contribution in [0, 0.1) is 0 Å². The van der Waals surface area contributed by atoms with Crippen molar-refractivity contribution in [2.45, 2.75) is 32.7 Å². The Morgan fingerprint density at radius 1 is 1.35 bits per heavy atom. The van der Waals surface area contributed by atoms with Crippen molar-refractivity contribution in [3.05, 3.63) is 42.5 Å². The highest BCUT2D eigenvalue weighted by Gasteiger charge is 2.18. The third-order valence-electron chi connectivity index (χ3n) is 3.25. The Hall–Kier alpha value is -2.90. The minimum Gasteiger partial charge on any atom is -0.447 e. The highest BCUT2D eigenvalue weighted by Crippen LogP contribution is 2.20. The fraction of sp³-hybridized carbons (Fsp3) is 0.333. The molecule has 2 N–H and O–H groups in total. The van der Waals surface area contributed by atoms with Gasteiger partial charge in [0.2, 0.25) is 5.89 Å². The van der Waals surface area contributed by atoms with Crippen molar-refractivity contribution in [2.24, 2.45) is 0 Å². The van der Waals surface area contributed by atoms with E-state index in [0.29, 0.717) is 17.2 Å². The van der Waals surface area contributed by atoms with Gasteiger partial charge in [-0.2, -0.15) is 5.10 Å². The van der Waals surface area contributed by atoms with Gasteiger partial charge < -0.3 is 15.1 Å². The van der Waals surface area contributed by atoms with Gasteiger partial charge in [0.1, 0.15) is 12.6 Å². The molecule has 120 valence electrons. The zero-order valence-electron chi connectivity index (χ0n) is 13.2. The Bertz CT molecular complexity index is 830. The first kappa shape index (κ1) is 15.0. The van der Waals surface area contributed by atoms with Crippen LogP contribution in [-0.4, -0.2) is 25.6 Å². The van der Waals surface area contributed by atoms with E-state index in [1.165, 1.54) is 6.33 Å². The summed E-state index contributed by atoms with van der Waals surface area (Å²) in [5.74, 6) is 0.469. The molecule has 8 nitrogen and oxygen atoms in total. The van der Waals surface area contributed by atoms with Crippen LogP contribution in [0.3, 0.4) is 0 Å². The lowest BCUT2D eigenvalue weighted by atomic mass is 9.93. The average molecular weight is 314 g/mol. The minimum absolute atomic E-state index is 0.0861. The van der Waals surface area contributed by atoms with Crippen LogP contribution in [0.1, 0.15) is 32.4 Å². The first-order valence-corrected chi connectivity index (χ1v) is 7.21. The van der Waals surface area contributed by atoms with Gasteiger partial charge in [-0.15, -0.1) is 0 Å². The number of carbonyl (C=O) groups is 1. The SMILES string of the molecule is CC(C)(C)c1coc(CNC(=O)Nc2ccc3ncnn3c2)n1. The zero-order chi connectivity index (χ0) is 16.4. The molecule has 3 aromatic heterocycles. The van der Waals surface area contributed by atoms with Gasteiger partial charge in [0.15, 0.2) is 5.65 Å². The van der Waals surface area contributed by atoms with Crippen molar-refractivity contribution < 1.29 is 9.21 Å². The molecule has 0 unspecified atom stereocenters. The van der Waals surface area contributed by atoms with Crippen molar-refractivity contribution in [2.75, 3.05) is 5.32 Å². The van der Waals surface area contributed by atoms with Crippen molar-refractivity contribution >= 4 is 17.4 Å². The molecule has 8 heteroatoms. The number of rotatable bonds is 3. The van der Waals surface area contributed by atoms with Gasteiger partial charge in [-0.3, -0.25) is 0 Å². The van der Waals surface area contributed by atoms with E-state index in [9.17, 15) is 4.79 Å². The highest BCUT2D eigenvalue weighted by atomic mass is 16.3. The van der Waals surface area contributed by atoms with Gasteiger partial charge in [-0.1, -0.05) is 20.8 Å². The second-order valence-corrected chi connectivity index (χ2v) is 6.16. The Balaban J connectivity index is 1.58. The molecule has 0 saturated heterocycles. The number of aromatic nitrogens is 4. The van der Waals surface area contributed by atoms with Crippen molar-refractivity contribution in [3.8, 4) is 0 Å². The molecule has 0 aromatic carbocycles. The molecule has 2 amide bonds. The molecular weight excluding hydrogens is 296 g/mol. The van der Waals surface area contributed by atoms with E-state index in [1.807, 2.05) is 0 Å². The molecule has 0 aliphatic rings. The van der Waals surface area contributed by atoms with Gasteiger partial charge in [-0.05, 0) is 12.1 Å². The maximum Gasteiger partial charge on any atom is 0.319 e. The normalized spacial score (nSPS) is 11.6. The molecule has 3 heterocycles.